The van der Waals surface area contributed by atoms with Gasteiger partial charge in [-0.1, -0.05) is 0 Å². The van der Waals surface area contributed by atoms with E-state index in [1.165, 1.54) is 5.69 Å². The first-order chi connectivity index (χ1) is 9.56. The van der Waals surface area contributed by atoms with Crippen LogP contribution in [0.5, 0.6) is 0 Å². The lowest BCUT2D eigenvalue weighted by atomic mass is 10.2. The van der Waals surface area contributed by atoms with Crippen molar-refractivity contribution in [2.24, 2.45) is 7.05 Å². The fourth-order valence-electron chi connectivity index (χ4n) is 2.80. The van der Waals surface area contributed by atoms with Crippen LogP contribution in [-0.2, 0) is 7.05 Å². The minimum Gasteiger partial charge on any atom is -0.477 e. The van der Waals surface area contributed by atoms with E-state index < -0.39 is 5.97 Å². The largest absolute Gasteiger partial charge is 0.477 e. The normalized spacial score (nSPS) is 16.8. The number of carbonyl (C=O) groups is 1. The van der Waals surface area contributed by atoms with Crippen molar-refractivity contribution in [2.45, 2.75) is 0 Å². The van der Waals surface area contributed by atoms with Gasteiger partial charge in [0.25, 0.3) is 0 Å². The van der Waals surface area contributed by atoms with Crippen molar-refractivity contribution in [1.82, 2.24) is 9.47 Å². The van der Waals surface area contributed by atoms with E-state index in [9.17, 15) is 9.90 Å². The van der Waals surface area contributed by atoms with Gasteiger partial charge in [-0.3, -0.25) is 0 Å². The van der Waals surface area contributed by atoms with Gasteiger partial charge in [0.15, 0.2) is 0 Å². The van der Waals surface area contributed by atoms with Gasteiger partial charge in [-0.25, -0.2) is 4.79 Å². The molecule has 0 radical (unpaired) electrons. The lowest BCUT2D eigenvalue weighted by molar-refractivity contribution is 0.0687. The van der Waals surface area contributed by atoms with Crippen LogP contribution in [0.2, 0.25) is 0 Å². The zero-order valence-corrected chi connectivity index (χ0v) is 11.8. The second-order valence-corrected chi connectivity index (χ2v) is 5.43. The highest BCUT2D eigenvalue weighted by atomic mass is 16.4. The Morgan fingerprint density at radius 3 is 2.45 bits per heavy atom. The second kappa shape index (κ2) is 4.83. The number of aromatic carboxylic acids is 1. The summed E-state index contributed by atoms with van der Waals surface area (Å²) in [6, 6.07) is 7.93. The number of carboxylic acids is 1. The highest BCUT2D eigenvalue weighted by molar-refractivity contribution is 5.95. The predicted molar refractivity (Wildman–Crippen MR) is 79.6 cm³/mol. The van der Waals surface area contributed by atoms with Gasteiger partial charge in [-0.2, -0.15) is 0 Å². The Morgan fingerprint density at radius 2 is 1.80 bits per heavy atom. The van der Waals surface area contributed by atoms with Crippen LogP contribution in [-0.4, -0.2) is 53.8 Å². The van der Waals surface area contributed by atoms with E-state index >= 15 is 0 Å². The maximum absolute atomic E-state index is 11.2. The number of hydrogen-bond acceptors (Lipinski definition) is 3. The number of likely N-dealkylation sites (N-methyl/N-ethyl adjacent to an activating group) is 1. The molecule has 5 nitrogen and oxygen atoms in total. The van der Waals surface area contributed by atoms with E-state index in [0.717, 1.165) is 37.1 Å². The lowest BCUT2D eigenvalue weighted by Crippen LogP contribution is -2.44. The maximum atomic E-state index is 11.2. The summed E-state index contributed by atoms with van der Waals surface area (Å²) >= 11 is 0. The number of hydrogen-bond donors (Lipinski definition) is 1. The number of aromatic nitrogens is 1. The fraction of sp³-hybridized carbons (Fsp3) is 0.400. The first kappa shape index (κ1) is 13.0. The first-order valence-corrected chi connectivity index (χ1v) is 6.82. The molecule has 106 valence electrons. The van der Waals surface area contributed by atoms with Crippen molar-refractivity contribution < 1.29 is 9.90 Å². The Bertz CT molecular complexity index is 654. The SMILES string of the molecule is CN1CCN(c2ccc3c(c2)cc(C(=O)O)n3C)CC1. The Balaban J connectivity index is 1.96. The Morgan fingerprint density at radius 1 is 1.10 bits per heavy atom. The van der Waals surface area contributed by atoms with Crippen molar-refractivity contribution in [1.29, 1.82) is 0 Å². The number of nitrogens with zero attached hydrogens (tertiary/aromatic N) is 3. The van der Waals surface area contributed by atoms with Gasteiger partial charge in [-0.15, -0.1) is 0 Å². The molecule has 0 unspecified atom stereocenters. The molecule has 0 aliphatic carbocycles. The van der Waals surface area contributed by atoms with E-state index in [1.54, 1.807) is 17.7 Å². The molecular formula is C15H19N3O2. The molecule has 1 aromatic carbocycles. The maximum Gasteiger partial charge on any atom is 0.352 e. The average Bonchev–Trinajstić information content (AvgIpc) is 2.77. The molecule has 0 spiro atoms. The topological polar surface area (TPSA) is 48.7 Å². The first-order valence-electron chi connectivity index (χ1n) is 6.82. The lowest BCUT2D eigenvalue weighted by Gasteiger charge is -2.34. The van der Waals surface area contributed by atoms with E-state index in [1.807, 2.05) is 6.07 Å². The summed E-state index contributed by atoms with van der Waals surface area (Å²) in [4.78, 5) is 15.9. The summed E-state index contributed by atoms with van der Waals surface area (Å²) in [5, 5.41) is 10.2. The molecule has 0 amide bonds. The van der Waals surface area contributed by atoms with Crippen LogP contribution < -0.4 is 4.90 Å². The average molecular weight is 273 g/mol. The van der Waals surface area contributed by atoms with E-state index in [-0.39, 0.29) is 0 Å². The molecule has 1 N–H and O–H groups in total. The molecule has 20 heavy (non-hydrogen) atoms. The minimum atomic E-state index is -0.884. The van der Waals surface area contributed by atoms with Gasteiger partial charge in [0.05, 0.1) is 0 Å². The highest BCUT2D eigenvalue weighted by Gasteiger charge is 2.16. The molecule has 1 saturated heterocycles. The summed E-state index contributed by atoms with van der Waals surface area (Å²) in [5.41, 5.74) is 2.46. The van der Waals surface area contributed by atoms with Gasteiger partial charge in [-0.05, 0) is 31.3 Å². The third-order valence-corrected chi connectivity index (χ3v) is 4.11. The summed E-state index contributed by atoms with van der Waals surface area (Å²) in [5.74, 6) is -0.884. The van der Waals surface area contributed by atoms with Crippen LogP contribution in [0.3, 0.4) is 0 Å². The van der Waals surface area contributed by atoms with Crippen molar-refractivity contribution in [3.05, 3.63) is 30.0 Å². The third-order valence-electron chi connectivity index (χ3n) is 4.11. The highest BCUT2D eigenvalue weighted by Crippen LogP contribution is 2.25. The van der Waals surface area contributed by atoms with Crippen LogP contribution in [0.4, 0.5) is 5.69 Å². The number of fused-ring (bicyclic) bond motifs is 1. The molecule has 3 rings (SSSR count). The van der Waals surface area contributed by atoms with Crippen LogP contribution in [0.15, 0.2) is 24.3 Å². The summed E-state index contributed by atoms with van der Waals surface area (Å²) in [6.45, 7) is 4.15. The molecule has 2 aromatic rings. The molecule has 0 saturated carbocycles. The monoisotopic (exact) mass is 273 g/mol. The predicted octanol–water partition coefficient (Wildman–Crippen LogP) is 1.63. The second-order valence-electron chi connectivity index (χ2n) is 5.43. The van der Waals surface area contributed by atoms with Crippen LogP contribution in [0.25, 0.3) is 10.9 Å². The van der Waals surface area contributed by atoms with Crippen LogP contribution >= 0.6 is 0 Å². The van der Waals surface area contributed by atoms with Crippen molar-refractivity contribution in [3.8, 4) is 0 Å². The minimum absolute atomic E-state index is 0.329. The van der Waals surface area contributed by atoms with Gasteiger partial charge in [0.2, 0.25) is 0 Å². The zero-order chi connectivity index (χ0) is 14.3. The number of carboxylic acid groups (broad SMARTS) is 1. The molecular weight excluding hydrogens is 254 g/mol. The number of rotatable bonds is 2. The van der Waals surface area contributed by atoms with Crippen LogP contribution in [0, 0.1) is 0 Å². The number of benzene rings is 1. The molecule has 1 aliphatic rings. The van der Waals surface area contributed by atoms with Gasteiger partial charge < -0.3 is 19.5 Å². The molecule has 1 fully saturated rings. The Labute approximate surface area is 118 Å². The van der Waals surface area contributed by atoms with Crippen molar-refractivity contribution >= 4 is 22.6 Å². The number of aryl methyl sites for hydroxylation is 1. The van der Waals surface area contributed by atoms with E-state index in [0.29, 0.717) is 5.69 Å². The van der Waals surface area contributed by atoms with Gasteiger partial charge in [0.1, 0.15) is 5.69 Å². The molecule has 1 aromatic heterocycles. The fourth-order valence-corrected chi connectivity index (χ4v) is 2.80. The van der Waals surface area contributed by atoms with Gasteiger partial charge >= 0.3 is 5.97 Å². The quantitative estimate of drug-likeness (QED) is 0.903. The van der Waals surface area contributed by atoms with Crippen LogP contribution in [0.1, 0.15) is 10.5 Å². The number of piperazine rings is 1. The van der Waals surface area contributed by atoms with Crippen molar-refractivity contribution in [2.75, 3.05) is 38.1 Å². The Kier molecular flexibility index (Phi) is 3.14. The molecule has 0 bridgehead atoms. The summed E-state index contributed by atoms with van der Waals surface area (Å²) < 4.78 is 1.73. The van der Waals surface area contributed by atoms with Crippen molar-refractivity contribution in [3.63, 3.8) is 0 Å². The summed E-state index contributed by atoms with van der Waals surface area (Å²) in [7, 11) is 3.93. The zero-order valence-electron chi connectivity index (χ0n) is 11.8. The van der Waals surface area contributed by atoms with Gasteiger partial charge in [0, 0.05) is 49.8 Å². The van der Waals surface area contributed by atoms with E-state index in [2.05, 4.69) is 29.0 Å². The van der Waals surface area contributed by atoms with E-state index in [4.69, 9.17) is 0 Å². The molecule has 0 atom stereocenters. The third kappa shape index (κ3) is 2.14. The smallest absolute Gasteiger partial charge is 0.352 e. The standard InChI is InChI=1S/C15H19N3O2/c1-16-5-7-18(8-6-16)12-3-4-13-11(9-12)10-14(15(19)20)17(13)2/h3-4,9-10H,5-8H2,1-2H3,(H,19,20). The molecule has 5 heteroatoms. The summed E-state index contributed by atoms with van der Waals surface area (Å²) in [6.07, 6.45) is 0. The number of anilines is 1. The molecule has 2 heterocycles. The Hall–Kier alpha value is -2.01. The molecule has 1 aliphatic heterocycles.